The Morgan fingerprint density at radius 1 is 1.12 bits per heavy atom. The van der Waals surface area contributed by atoms with E-state index in [9.17, 15) is 0 Å². The van der Waals surface area contributed by atoms with Crippen molar-refractivity contribution in [3.63, 3.8) is 0 Å². The Morgan fingerprint density at radius 3 is 2.25 bits per heavy atom. The van der Waals surface area contributed by atoms with Crippen LogP contribution in [0.25, 0.3) is 0 Å². The molecule has 1 heteroatoms. The summed E-state index contributed by atoms with van der Waals surface area (Å²) < 4.78 is 5.19. The molecule has 0 spiro atoms. The summed E-state index contributed by atoms with van der Waals surface area (Å²) >= 11 is 0. The molecular weight excluding hydrogens is 100 g/mol. The van der Waals surface area contributed by atoms with Gasteiger partial charge in [-0.3, -0.25) is 0 Å². The van der Waals surface area contributed by atoms with Gasteiger partial charge in [-0.05, 0) is 18.8 Å². The molecule has 0 aromatic carbocycles. The summed E-state index contributed by atoms with van der Waals surface area (Å²) in [6.45, 7) is 1.06. The molecule has 46 valence electrons. The van der Waals surface area contributed by atoms with Gasteiger partial charge in [0.05, 0.1) is 12.7 Å². The molecule has 1 atom stereocenters. The third-order valence-electron chi connectivity index (χ3n) is 2.28. The fraction of sp³-hybridized carbons (Fsp3) is 1.00. The van der Waals surface area contributed by atoms with Gasteiger partial charge in [-0.15, -0.1) is 0 Å². The fourth-order valence-electron chi connectivity index (χ4n) is 1.66. The van der Waals surface area contributed by atoms with E-state index in [4.69, 9.17) is 4.74 Å². The minimum Gasteiger partial charge on any atom is -0.373 e. The highest BCUT2D eigenvalue weighted by molar-refractivity contribution is 4.82. The highest BCUT2D eigenvalue weighted by Crippen LogP contribution is 2.34. The Hall–Kier alpha value is -0.0400. The lowest BCUT2D eigenvalue weighted by Gasteiger charge is -1.99. The lowest BCUT2D eigenvalue weighted by atomic mass is 10.1. The van der Waals surface area contributed by atoms with E-state index < -0.39 is 0 Å². The Morgan fingerprint density at radius 2 is 1.75 bits per heavy atom. The molecule has 2 rings (SSSR count). The third-order valence-corrected chi connectivity index (χ3v) is 2.28. The van der Waals surface area contributed by atoms with Gasteiger partial charge in [0.15, 0.2) is 0 Å². The molecule has 1 nitrogen and oxygen atoms in total. The van der Waals surface area contributed by atoms with Crippen LogP contribution in [-0.2, 0) is 4.74 Å². The minimum atomic E-state index is 0.692. The van der Waals surface area contributed by atoms with Crippen LogP contribution in [0.3, 0.4) is 0 Å². The SMILES string of the molecule is C1CCC([C@H]2CO2)C1. The second-order valence-electron chi connectivity index (χ2n) is 2.92. The van der Waals surface area contributed by atoms with Gasteiger partial charge in [0.1, 0.15) is 0 Å². The Kier molecular flexibility index (Phi) is 1.04. The topological polar surface area (TPSA) is 12.5 Å². The third kappa shape index (κ3) is 0.752. The molecule has 1 heterocycles. The van der Waals surface area contributed by atoms with E-state index in [0.717, 1.165) is 12.5 Å². The standard InChI is InChI=1S/C7H12O/c1-2-4-6(3-1)7-5-8-7/h6-7H,1-5H2/t7-/m1/s1. The van der Waals surface area contributed by atoms with Gasteiger partial charge in [0.25, 0.3) is 0 Å². The molecule has 0 bridgehead atoms. The van der Waals surface area contributed by atoms with Gasteiger partial charge in [-0.2, -0.15) is 0 Å². The highest BCUT2D eigenvalue weighted by Gasteiger charge is 2.33. The van der Waals surface area contributed by atoms with Crippen LogP contribution >= 0.6 is 0 Å². The normalized spacial score (nSPS) is 38.2. The molecule has 8 heavy (non-hydrogen) atoms. The molecule has 0 amide bonds. The van der Waals surface area contributed by atoms with Crippen LogP contribution in [0.5, 0.6) is 0 Å². The second kappa shape index (κ2) is 1.73. The Bertz CT molecular complexity index is 80.4. The van der Waals surface area contributed by atoms with Gasteiger partial charge in [0.2, 0.25) is 0 Å². The van der Waals surface area contributed by atoms with Crippen molar-refractivity contribution in [1.82, 2.24) is 0 Å². The van der Waals surface area contributed by atoms with E-state index in [1.165, 1.54) is 25.7 Å². The van der Waals surface area contributed by atoms with Crippen molar-refractivity contribution in [1.29, 1.82) is 0 Å². The van der Waals surface area contributed by atoms with Gasteiger partial charge in [-0.25, -0.2) is 0 Å². The van der Waals surface area contributed by atoms with Gasteiger partial charge in [0, 0.05) is 0 Å². The molecule has 1 aliphatic carbocycles. The second-order valence-corrected chi connectivity index (χ2v) is 2.92. The average Bonchev–Trinajstić information content (AvgIpc) is 2.49. The van der Waals surface area contributed by atoms with E-state index in [-0.39, 0.29) is 0 Å². The van der Waals surface area contributed by atoms with Gasteiger partial charge in [-0.1, -0.05) is 12.8 Å². The summed E-state index contributed by atoms with van der Waals surface area (Å²) in [6.07, 6.45) is 6.46. The molecule has 2 aliphatic rings. The molecule has 1 aliphatic heterocycles. The van der Waals surface area contributed by atoms with Crippen LogP contribution in [0.4, 0.5) is 0 Å². The van der Waals surface area contributed by atoms with E-state index in [0.29, 0.717) is 6.10 Å². The van der Waals surface area contributed by atoms with Crippen molar-refractivity contribution in [3.05, 3.63) is 0 Å². The molecule has 0 unspecified atom stereocenters. The monoisotopic (exact) mass is 112 g/mol. The first-order valence-electron chi connectivity index (χ1n) is 3.58. The molecular formula is C7H12O. The number of ether oxygens (including phenoxy) is 1. The maximum Gasteiger partial charge on any atom is 0.0838 e. The summed E-state index contributed by atoms with van der Waals surface area (Å²) in [5, 5.41) is 0. The summed E-state index contributed by atoms with van der Waals surface area (Å²) in [4.78, 5) is 0. The quantitative estimate of drug-likeness (QED) is 0.469. The van der Waals surface area contributed by atoms with Crippen LogP contribution in [0, 0.1) is 5.92 Å². The predicted octanol–water partition coefficient (Wildman–Crippen LogP) is 1.58. The van der Waals surface area contributed by atoms with Crippen molar-refractivity contribution in [2.24, 2.45) is 5.92 Å². The van der Waals surface area contributed by atoms with E-state index in [2.05, 4.69) is 0 Å². The molecule has 0 radical (unpaired) electrons. The van der Waals surface area contributed by atoms with Crippen LogP contribution in [0.1, 0.15) is 25.7 Å². The van der Waals surface area contributed by atoms with Crippen molar-refractivity contribution < 1.29 is 4.74 Å². The van der Waals surface area contributed by atoms with E-state index in [1.807, 2.05) is 0 Å². The van der Waals surface area contributed by atoms with Crippen LogP contribution in [-0.4, -0.2) is 12.7 Å². The number of hydrogen-bond acceptors (Lipinski definition) is 1. The first kappa shape index (κ1) is 4.80. The van der Waals surface area contributed by atoms with Crippen molar-refractivity contribution in [3.8, 4) is 0 Å². The number of hydrogen-bond donors (Lipinski definition) is 0. The molecule has 0 N–H and O–H groups in total. The van der Waals surface area contributed by atoms with Gasteiger partial charge < -0.3 is 4.74 Å². The summed E-state index contributed by atoms with van der Waals surface area (Å²) in [5.74, 6) is 0.954. The van der Waals surface area contributed by atoms with Crippen molar-refractivity contribution >= 4 is 0 Å². The Balaban J connectivity index is 1.86. The maximum absolute atomic E-state index is 5.19. The predicted molar refractivity (Wildman–Crippen MR) is 31.7 cm³/mol. The van der Waals surface area contributed by atoms with E-state index >= 15 is 0 Å². The summed E-state index contributed by atoms with van der Waals surface area (Å²) in [7, 11) is 0. The zero-order valence-electron chi connectivity index (χ0n) is 5.10. The van der Waals surface area contributed by atoms with Crippen molar-refractivity contribution in [2.75, 3.05) is 6.61 Å². The first-order chi connectivity index (χ1) is 3.97. The first-order valence-corrected chi connectivity index (χ1v) is 3.58. The van der Waals surface area contributed by atoms with Crippen LogP contribution in [0.2, 0.25) is 0 Å². The lowest BCUT2D eigenvalue weighted by molar-refractivity contribution is 0.332. The van der Waals surface area contributed by atoms with Crippen LogP contribution < -0.4 is 0 Å². The zero-order chi connectivity index (χ0) is 5.40. The maximum atomic E-state index is 5.19. The zero-order valence-corrected chi connectivity index (χ0v) is 5.10. The molecule has 0 aromatic rings. The molecule has 1 saturated carbocycles. The highest BCUT2D eigenvalue weighted by atomic mass is 16.6. The summed E-state index contributed by atoms with van der Waals surface area (Å²) in [5.41, 5.74) is 0. The molecule has 0 aromatic heterocycles. The molecule has 2 fully saturated rings. The largest absolute Gasteiger partial charge is 0.373 e. The van der Waals surface area contributed by atoms with Gasteiger partial charge >= 0.3 is 0 Å². The fourth-order valence-corrected chi connectivity index (χ4v) is 1.66. The smallest absolute Gasteiger partial charge is 0.0838 e. The summed E-state index contributed by atoms with van der Waals surface area (Å²) in [6, 6.07) is 0. The number of epoxide rings is 1. The number of rotatable bonds is 1. The minimum absolute atomic E-state index is 0.692. The van der Waals surface area contributed by atoms with Crippen molar-refractivity contribution in [2.45, 2.75) is 31.8 Å². The van der Waals surface area contributed by atoms with E-state index in [1.54, 1.807) is 0 Å². The average molecular weight is 112 g/mol. The lowest BCUT2D eigenvalue weighted by Crippen LogP contribution is -2.00. The van der Waals surface area contributed by atoms with Crippen LogP contribution in [0.15, 0.2) is 0 Å². The Labute approximate surface area is 50.0 Å². The molecule has 1 saturated heterocycles.